The Balaban J connectivity index is 2.16. The summed E-state index contributed by atoms with van der Waals surface area (Å²) in [5, 5.41) is 10.2. The highest BCUT2D eigenvalue weighted by Crippen LogP contribution is 2.38. The Hall–Kier alpha value is -0.870. The molecule has 1 fully saturated rings. The van der Waals surface area contributed by atoms with Crippen LogP contribution in [0.5, 0.6) is 0 Å². The van der Waals surface area contributed by atoms with E-state index in [1.54, 1.807) is 6.20 Å². The predicted molar refractivity (Wildman–Crippen MR) is 58.3 cm³/mol. The van der Waals surface area contributed by atoms with Gasteiger partial charge in [0.15, 0.2) is 0 Å². The SMILES string of the molecule is CCC(CN)C(O)c1cncn1C1CC1. The molecule has 2 unspecified atom stereocenters. The molecular formula is C11H19N3O. The van der Waals surface area contributed by atoms with E-state index >= 15 is 0 Å². The minimum Gasteiger partial charge on any atom is -0.386 e. The third kappa shape index (κ3) is 2.06. The molecule has 1 aromatic heterocycles. The third-order valence-corrected chi connectivity index (χ3v) is 3.21. The van der Waals surface area contributed by atoms with E-state index in [1.165, 1.54) is 12.8 Å². The van der Waals surface area contributed by atoms with E-state index in [4.69, 9.17) is 5.73 Å². The molecule has 1 saturated carbocycles. The number of hydrogen-bond donors (Lipinski definition) is 2. The number of aromatic nitrogens is 2. The first-order valence-electron chi connectivity index (χ1n) is 5.67. The zero-order valence-corrected chi connectivity index (χ0v) is 9.13. The van der Waals surface area contributed by atoms with Crippen molar-refractivity contribution >= 4 is 0 Å². The van der Waals surface area contributed by atoms with E-state index in [-0.39, 0.29) is 5.92 Å². The summed E-state index contributed by atoms with van der Waals surface area (Å²) in [6.07, 6.45) is 6.42. The molecule has 2 rings (SSSR count). The lowest BCUT2D eigenvalue weighted by Crippen LogP contribution is -2.23. The van der Waals surface area contributed by atoms with E-state index in [2.05, 4.69) is 16.5 Å². The molecule has 4 heteroatoms. The summed E-state index contributed by atoms with van der Waals surface area (Å²) in [5.74, 6) is 0.138. The van der Waals surface area contributed by atoms with Gasteiger partial charge >= 0.3 is 0 Å². The second kappa shape index (κ2) is 4.33. The summed E-state index contributed by atoms with van der Waals surface area (Å²) in [5.41, 5.74) is 6.57. The molecule has 1 aliphatic rings. The first-order chi connectivity index (χ1) is 7.27. The fraction of sp³-hybridized carbons (Fsp3) is 0.727. The molecule has 84 valence electrons. The molecule has 0 aromatic carbocycles. The molecule has 1 aromatic rings. The molecule has 2 atom stereocenters. The molecule has 0 spiro atoms. The lowest BCUT2D eigenvalue weighted by Gasteiger charge is -2.21. The van der Waals surface area contributed by atoms with Gasteiger partial charge < -0.3 is 15.4 Å². The molecule has 4 nitrogen and oxygen atoms in total. The first-order valence-corrected chi connectivity index (χ1v) is 5.67. The molecule has 0 amide bonds. The van der Waals surface area contributed by atoms with E-state index in [0.29, 0.717) is 12.6 Å². The first kappa shape index (κ1) is 10.6. The maximum atomic E-state index is 10.2. The molecule has 0 bridgehead atoms. The highest BCUT2D eigenvalue weighted by atomic mass is 16.3. The lowest BCUT2D eigenvalue weighted by molar-refractivity contribution is 0.102. The Kier molecular flexibility index (Phi) is 3.07. The second-order valence-electron chi connectivity index (χ2n) is 4.31. The number of nitrogens with zero attached hydrogens (tertiary/aromatic N) is 2. The Labute approximate surface area is 90.1 Å². The van der Waals surface area contributed by atoms with Gasteiger partial charge in [-0.3, -0.25) is 0 Å². The number of rotatable bonds is 5. The van der Waals surface area contributed by atoms with Crippen molar-refractivity contribution in [2.45, 2.75) is 38.3 Å². The molecule has 0 saturated heterocycles. The van der Waals surface area contributed by atoms with Gasteiger partial charge in [0.05, 0.1) is 24.3 Å². The van der Waals surface area contributed by atoms with Gasteiger partial charge in [0.2, 0.25) is 0 Å². The van der Waals surface area contributed by atoms with Crippen LogP contribution in [0.1, 0.15) is 44.0 Å². The van der Waals surface area contributed by atoms with Crippen molar-refractivity contribution in [2.75, 3.05) is 6.54 Å². The van der Waals surface area contributed by atoms with Crippen LogP contribution >= 0.6 is 0 Å². The normalized spacial score (nSPS) is 20.2. The minimum absolute atomic E-state index is 0.138. The fourth-order valence-corrected chi connectivity index (χ4v) is 1.96. The second-order valence-corrected chi connectivity index (χ2v) is 4.31. The number of aliphatic hydroxyl groups excluding tert-OH is 1. The van der Waals surface area contributed by atoms with Crippen LogP contribution in [0, 0.1) is 5.92 Å². The van der Waals surface area contributed by atoms with Gasteiger partial charge in [0, 0.05) is 12.0 Å². The Morgan fingerprint density at radius 2 is 2.40 bits per heavy atom. The maximum Gasteiger partial charge on any atom is 0.0995 e. The topological polar surface area (TPSA) is 64.1 Å². The van der Waals surface area contributed by atoms with Crippen molar-refractivity contribution < 1.29 is 5.11 Å². The third-order valence-electron chi connectivity index (χ3n) is 3.21. The number of hydrogen-bond acceptors (Lipinski definition) is 3. The summed E-state index contributed by atoms with van der Waals surface area (Å²) in [7, 11) is 0. The summed E-state index contributed by atoms with van der Waals surface area (Å²) in [6, 6.07) is 0.562. The van der Waals surface area contributed by atoms with Crippen molar-refractivity contribution in [3.05, 3.63) is 18.2 Å². The Morgan fingerprint density at radius 1 is 1.67 bits per heavy atom. The molecule has 0 radical (unpaired) electrons. The van der Waals surface area contributed by atoms with E-state index in [1.807, 2.05) is 6.33 Å². The van der Waals surface area contributed by atoms with Crippen LogP contribution in [0.3, 0.4) is 0 Å². The summed E-state index contributed by atoms with van der Waals surface area (Å²) >= 11 is 0. The van der Waals surface area contributed by atoms with Crippen molar-refractivity contribution in [2.24, 2.45) is 11.7 Å². The van der Waals surface area contributed by atoms with Crippen LogP contribution in [0.25, 0.3) is 0 Å². The number of imidazole rings is 1. The van der Waals surface area contributed by atoms with Crippen LogP contribution in [-0.2, 0) is 0 Å². The van der Waals surface area contributed by atoms with E-state index in [9.17, 15) is 5.11 Å². The van der Waals surface area contributed by atoms with Gasteiger partial charge in [-0.15, -0.1) is 0 Å². The average Bonchev–Trinajstić information content (AvgIpc) is 2.98. The average molecular weight is 209 g/mol. The van der Waals surface area contributed by atoms with Gasteiger partial charge in [0.1, 0.15) is 0 Å². The summed E-state index contributed by atoms with van der Waals surface area (Å²) < 4.78 is 2.10. The minimum atomic E-state index is -0.469. The molecule has 1 heterocycles. The zero-order valence-electron chi connectivity index (χ0n) is 9.13. The van der Waals surface area contributed by atoms with Crippen LogP contribution in [0.4, 0.5) is 0 Å². The van der Waals surface area contributed by atoms with Crippen molar-refractivity contribution in [1.82, 2.24) is 9.55 Å². The van der Waals surface area contributed by atoms with Crippen LogP contribution in [-0.4, -0.2) is 21.2 Å². The fourth-order valence-electron chi connectivity index (χ4n) is 1.96. The predicted octanol–water partition coefficient (Wildman–Crippen LogP) is 1.24. The van der Waals surface area contributed by atoms with Gasteiger partial charge in [-0.25, -0.2) is 4.98 Å². The van der Waals surface area contributed by atoms with Gasteiger partial charge in [-0.2, -0.15) is 0 Å². The highest BCUT2D eigenvalue weighted by Gasteiger charge is 2.29. The van der Waals surface area contributed by atoms with E-state index in [0.717, 1.165) is 12.1 Å². The lowest BCUT2D eigenvalue weighted by atomic mass is 9.97. The zero-order chi connectivity index (χ0) is 10.8. The van der Waals surface area contributed by atoms with Crippen LogP contribution < -0.4 is 5.73 Å². The molecular weight excluding hydrogens is 190 g/mol. The Bertz CT molecular complexity index is 315. The Morgan fingerprint density at radius 3 is 2.93 bits per heavy atom. The summed E-state index contributed by atoms with van der Waals surface area (Å²) in [4.78, 5) is 4.12. The van der Waals surface area contributed by atoms with Crippen LogP contribution in [0.2, 0.25) is 0 Å². The maximum absolute atomic E-state index is 10.2. The van der Waals surface area contributed by atoms with Crippen molar-refractivity contribution in [3.8, 4) is 0 Å². The van der Waals surface area contributed by atoms with Gasteiger partial charge in [0.25, 0.3) is 0 Å². The van der Waals surface area contributed by atoms with Crippen molar-refractivity contribution in [3.63, 3.8) is 0 Å². The van der Waals surface area contributed by atoms with E-state index < -0.39 is 6.10 Å². The summed E-state index contributed by atoms with van der Waals surface area (Å²) in [6.45, 7) is 2.58. The standard InChI is InChI=1S/C11H19N3O/c1-2-8(5-12)11(15)10-6-13-7-14(10)9-3-4-9/h6-9,11,15H,2-5,12H2,1H3. The highest BCUT2D eigenvalue weighted by molar-refractivity contribution is 5.08. The smallest absolute Gasteiger partial charge is 0.0995 e. The molecule has 1 aliphatic carbocycles. The monoisotopic (exact) mass is 209 g/mol. The number of aliphatic hydroxyl groups is 1. The number of nitrogens with two attached hydrogens (primary N) is 1. The molecule has 15 heavy (non-hydrogen) atoms. The van der Waals surface area contributed by atoms with Gasteiger partial charge in [-0.1, -0.05) is 6.92 Å². The van der Waals surface area contributed by atoms with Crippen LogP contribution in [0.15, 0.2) is 12.5 Å². The molecule has 3 N–H and O–H groups in total. The quantitative estimate of drug-likeness (QED) is 0.766. The van der Waals surface area contributed by atoms with Gasteiger partial charge in [-0.05, 0) is 25.8 Å². The largest absolute Gasteiger partial charge is 0.386 e. The van der Waals surface area contributed by atoms with Crippen molar-refractivity contribution in [1.29, 1.82) is 0 Å². The molecule has 0 aliphatic heterocycles.